The van der Waals surface area contributed by atoms with Gasteiger partial charge in [0.2, 0.25) is 0 Å². The molecule has 0 aromatic rings. The first kappa shape index (κ1) is 61.4. The number of hydrogen-bond donors (Lipinski definition) is 3. The lowest BCUT2D eigenvalue weighted by Gasteiger charge is -2.20. The maximum atomic E-state index is 12.7. The molecule has 0 aromatic heterocycles. The highest BCUT2D eigenvalue weighted by molar-refractivity contribution is 7.47. The fourth-order valence-corrected chi connectivity index (χ4v) is 7.24. The van der Waals surface area contributed by atoms with Crippen molar-refractivity contribution in [3.8, 4) is 0 Å². The summed E-state index contributed by atoms with van der Waals surface area (Å²) in [6.45, 7) is 3.31. The molecule has 3 atom stereocenters. The number of allylic oxidation sites excluding steroid dienone is 16. The van der Waals surface area contributed by atoms with Crippen LogP contribution in [-0.4, -0.2) is 66.3 Å². The second-order valence-electron chi connectivity index (χ2n) is 16.4. The Bertz CT molecular complexity index is 1320. The fraction of sp³-hybridized carbons (Fsp3) is 0.685. The highest BCUT2D eigenvalue weighted by Crippen LogP contribution is 2.43. The van der Waals surface area contributed by atoms with Crippen LogP contribution in [0.4, 0.5) is 0 Å². The summed E-state index contributed by atoms with van der Waals surface area (Å²) < 4.78 is 33.5. The van der Waals surface area contributed by atoms with Crippen molar-refractivity contribution in [2.24, 2.45) is 0 Å². The van der Waals surface area contributed by atoms with E-state index in [9.17, 15) is 19.4 Å². The van der Waals surface area contributed by atoms with Crippen molar-refractivity contribution in [2.75, 3.05) is 33.0 Å². The molecule has 9 nitrogen and oxygen atoms in total. The molecular weight excluding hydrogens is 824 g/mol. The number of ether oxygens (including phenoxy) is 2. The van der Waals surface area contributed by atoms with Crippen LogP contribution in [0.5, 0.6) is 0 Å². The second-order valence-corrected chi connectivity index (χ2v) is 17.9. The van der Waals surface area contributed by atoms with Gasteiger partial charge in [-0.1, -0.05) is 188 Å². The molecule has 0 bridgehead atoms. The van der Waals surface area contributed by atoms with Gasteiger partial charge < -0.3 is 24.6 Å². The molecule has 0 amide bonds. The molecule has 0 saturated heterocycles. The lowest BCUT2D eigenvalue weighted by molar-refractivity contribution is -0.154. The van der Waals surface area contributed by atoms with Gasteiger partial charge in [0.15, 0.2) is 0 Å². The number of esters is 1. The van der Waals surface area contributed by atoms with E-state index < -0.39 is 45.8 Å². The number of carbonyl (C=O) groups excluding carboxylic acids is 1. The molecule has 0 fully saturated rings. The summed E-state index contributed by atoms with van der Waals surface area (Å²) in [5.74, 6) is -0.402. The molecule has 0 heterocycles. The van der Waals surface area contributed by atoms with E-state index in [0.29, 0.717) is 13.0 Å². The van der Waals surface area contributed by atoms with Gasteiger partial charge in [-0.05, 0) is 96.3 Å². The van der Waals surface area contributed by atoms with E-state index in [-0.39, 0.29) is 13.0 Å². The van der Waals surface area contributed by atoms with E-state index in [1.807, 2.05) is 0 Å². The van der Waals surface area contributed by atoms with E-state index in [1.54, 1.807) is 0 Å². The number of unbranched alkanes of at least 4 members (excludes halogenated alkanes) is 17. The zero-order valence-electron chi connectivity index (χ0n) is 40.5. The summed E-state index contributed by atoms with van der Waals surface area (Å²) in [7, 11) is -4.54. The number of aliphatic hydroxyl groups is 2. The maximum absolute atomic E-state index is 12.7. The largest absolute Gasteiger partial charge is 0.472 e. The summed E-state index contributed by atoms with van der Waals surface area (Å²) in [6.07, 6.45) is 63.7. The van der Waals surface area contributed by atoms with Gasteiger partial charge in [0.05, 0.1) is 26.4 Å². The van der Waals surface area contributed by atoms with Crippen LogP contribution in [0.2, 0.25) is 0 Å². The SMILES string of the molecule is CC/C=C\C/C=C\C/C=C\C/C=C\C/C=C\CCCCCCOCC(COP(=O)(O)OCC(O)CO)OC(=O)CCCCCCCCCC/C=C\C/C=C\C/C=C\CCCCCCC. The zero-order chi connectivity index (χ0) is 46.7. The van der Waals surface area contributed by atoms with Gasteiger partial charge in [-0.25, -0.2) is 4.57 Å². The average molecular weight is 917 g/mol. The molecule has 0 aromatic carbocycles. The molecular formula is C54H93O9P. The third-order valence-electron chi connectivity index (χ3n) is 10.3. The summed E-state index contributed by atoms with van der Waals surface area (Å²) in [5, 5.41) is 18.4. The van der Waals surface area contributed by atoms with Crippen LogP contribution in [0.1, 0.15) is 194 Å². The third-order valence-corrected chi connectivity index (χ3v) is 11.2. The van der Waals surface area contributed by atoms with Crippen LogP contribution in [0.3, 0.4) is 0 Å². The molecule has 3 N–H and O–H groups in total. The van der Waals surface area contributed by atoms with Crippen LogP contribution in [-0.2, 0) is 27.9 Å². The standard InChI is InChI=1S/C54H93O9P/c1-3-5-7-9-11-13-15-17-19-21-23-25-26-27-28-30-32-34-36-38-40-42-44-46-54(57)63-53(51-62-64(58,59)61-49-52(56)48-55)50-60-47-45-43-41-39-37-35-33-31-29-24-22-20-18-16-14-12-10-8-6-4-2/h6,8,12,14-15,17-18,20-21,23-24,26-27,29,33,35,52-53,55-56H,3-5,7,9-11,13,16,19,22,25,28,30-32,34,36-51H2,1-2H3,(H,58,59)/b8-6-,14-12-,17-15-,20-18-,23-21-,27-26-,29-24-,35-33-. The Kier molecular flexibility index (Phi) is 47.8. The van der Waals surface area contributed by atoms with Crippen molar-refractivity contribution in [1.82, 2.24) is 0 Å². The summed E-state index contributed by atoms with van der Waals surface area (Å²) in [6, 6.07) is 0. The number of aliphatic hydroxyl groups excluding tert-OH is 2. The predicted octanol–water partition coefficient (Wildman–Crippen LogP) is 14.8. The molecule has 0 aliphatic heterocycles. The van der Waals surface area contributed by atoms with Crippen molar-refractivity contribution in [2.45, 2.75) is 206 Å². The third kappa shape index (κ3) is 48.8. The Morgan fingerprint density at radius 1 is 0.500 bits per heavy atom. The molecule has 0 saturated carbocycles. The lowest BCUT2D eigenvalue weighted by Crippen LogP contribution is -2.29. The smallest absolute Gasteiger partial charge is 0.457 e. The molecule has 64 heavy (non-hydrogen) atoms. The van der Waals surface area contributed by atoms with Crippen molar-refractivity contribution < 1.29 is 43.0 Å². The molecule has 0 radical (unpaired) electrons. The van der Waals surface area contributed by atoms with Gasteiger partial charge in [0.25, 0.3) is 0 Å². The van der Waals surface area contributed by atoms with Crippen LogP contribution in [0, 0.1) is 0 Å². The Morgan fingerprint density at radius 3 is 1.34 bits per heavy atom. The van der Waals surface area contributed by atoms with E-state index in [4.69, 9.17) is 23.6 Å². The van der Waals surface area contributed by atoms with Gasteiger partial charge in [-0.15, -0.1) is 0 Å². The minimum Gasteiger partial charge on any atom is -0.457 e. The summed E-state index contributed by atoms with van der Waals surface area (Å²) in [5.41, 5.74) is 0. The van der Waals surface area contributed by atoms with Crippen molar-refractivity contribution in [1.29, 1.82) is 0 Å². The highest BCUT2D eigenvalue weighted by atomic mass is 31.2. The van der Waals surface area contributed by atoms with Crippen LogP contribution in [0.15, 0.2) is 97.2 Å². The maximum Gasteiger partial charge on any atom is 0.472 e. The normalized spacial score (nSPS) is 14.6. The van der Waals surface area contributed by atoms with Gasteiger partial charge in [0.1, 0.15) is 12.2 Å². The highest BCUT2D eigenvalue weighted by Gasteiger charge is 2.26. The minimum atomic E-state index is -4.54. The van der Waals surface area contributed by atoms with Crippen molar-refractivity contribution in [3.63, 3.8) is 0 Å². The van der Waals surface area contributed by atoms with Gasteiger partial charge in [-0.2, -0.15) is 0 Å². The topological polar surface area (TPSA) is 132 Å². The number of rotatable bonds is 47. The summed E-state index contributed by atoms with van der Waals surface area (Å²) in [4.78, 5) is 22.7. The first-order valence-electron chi connectivity index (χ1n) is 25.2. The molecule has 3 unspecified atom stereocenters. The predicted molar refractivity (Wildman–Crippen MR) is 269 cm³/mol. The van der Waals surface area contributed by atoms with E-state index in [0.717, 1.165) is 103 Å². The molecule has 368 valence electrons. The monoisotopic (exact) mass is 917 g/mol. The number of carbonyl (C=O) groups is 1. The lowest BCUT2D eigenvalue weighted by atomic mass is 10.1. The second kappa shape index (κ2) is 49.8. The van der Waals surface area contributed by atoms with Gasteiger partial charge >= 0.3 is 13.8 Å². The molecule has 10 heteroatoms. The number of phosphoric acid groups is 1. The minimum absolute atomic E-state index is 0.0229. The Labute approximate surface area is 391 Å². The number of phosphoric ester groups is 1. The van der Waals surface area contributed by atoms with Gasteiger partial charge in [-0.3, -0.25) is 13.8 Å². The fourth-order valence-electron chi connectivity index (χ4n) is 6.45. The summed E-state index contributed by atoms with van der Waals surface area (Å²) >= 11 is 0. The first-order chi connectivity index (χ1) is 31.3. The molecule has 0 spiro atoms. The quantitative estimate of drug-likeness (QED) is 0.0236. The van der Waals surface area contributed by atoms with Crippen LogP contribution >= 0.6 is 7.82 Å². The Hall–Kier alpha value is -2.62. The van der Waals surface area contributed by atoms with Gasteiger partial charge in [0, 0.05) is 13.0 Å². The van der Waals surface area contributed by atoms with Crippen molar-refractivity contribution >= 4 is 13.8 Å². The molecule has 0 rings (SSSR count). The zero-order valence-corrected chi connectivity index (χ0v) is 41.4. The van der Waals surface area contributed by atoms with Crippen LogP contribution in [0.25, 0.3) is 0 Å². The Morgan fingerprint density at radius 2 is 0.891 bits per heavy atom. The van der Waals surface area contributed by atoms with Crippen LogP contribution < -0.4 is 0 Å². The Balaban J connectivity index is 4.19. The van der Waals surface area contributed by atoms with E-state index >= 15 is 0 Å². The first-order valence-corrected chi connectivity index (χ1v) is 26.7. The van der Waals surface area contributed by atoms with E-state index in [2.05, 4.69) is 111 Å². The molecule has 0 aliphatic rings. The molecule has 0 aliphatic carbocycles. The average Bonchev–Trinajstić information content (AvgIpc) is 3.29. The van der Waals surface area contributed by atoms with Crippen molar-refractivity contribution in [3.05, 3.63) is 97.2 Å². The van der Waals surface area contributed by atoms with E-state index in [1.165, 1.54) is 64.2 Å². The number of hydrogen-bond acceptors (Lipinski definition) is 8.